The lowest BCUT2D eigenvalue weighted by atomic mass is 10.0. The highest BCUT2D eigenvalue weighted by Crippen LogP contribution is 2.26. The summed E-state index contributed by atoms with van der Waals surface area (Å²) in [5.41, 5.74) is 6.40. The Labute approximate surface area is 150 Å². The highest BCUT2D eigenvalue weighted by Gasteiger charge is 2.20. The van der Waals surface area contributed by atoms with E-state index in [4.69, 9.17) is 17.3 Å². The first-order chi connectivity index (χ1) is 11.9. The summed E-state index contributed by atoms with van der Waals surface area (Å²) in [5, 5.41) is 2.80. The second-order valence-corrected chi connectivity index (χ2v) is 5.73. The quantitative estimate of drug-likeness (QED) is 0.766. The zero-order valence-corrected chi connectivity index (χ0v) is 14.4. The zero-order valence-electron chi connectivity index (χ0n) is 13.7. The van der Waals surface area contributed by atoms with Gasteiger partial charge in [0.05, 0.1) is 18.8 Å². The van der Waals surface area contributed by atoms with Gasteiger partial charge in [0.2, 0.25) is 11.8 Å². The van der Waals surface area contributed by atoms with E-state index in [2.05, 4.69) is 5.32 Å². The molecule has 0 saturated carbocycles. The zero-order chi connectivity index (χ0) is 18.4. The third-order valence-corrected chi connectivity index (χ3v) is 3.83. The van der Waals surface area contributed by atoms with Crippen molar-refractivity contribution in [1.82, 2.24) is 5.32 Å². The number of halogens is 1. The van der Waals surface area contributed by atoms with Gasteiger partial charge in [-0.15, -0.1) is 0 Å². The molecule has 2 rings (SSSR count). The van der Waals surface area contributed by atoms with Crippen molar-refractivity contribution in [3.63, 3.8) is 0 Å². The summed E-state index contributed by atoms with van der Waals surface area (Å²) in [6, 6.07) is 13.4. The minimum absolute atomic E-state index is 0.199. The van der Waals surface area contributed by atoms with Crippen LogP contribution in [0.5, 0.6) is 0 Å². The smallest absolute Gasteiger partial charge is 0.246 e. The van der Waals surface area contributed by atoms with E-state index in [1.54, 1.807) is 36.4 Å². The average molecular weight is 360 g/mol. The molecule has 0 heterocycles. The molecular weight excluding hydrogens is 342 g/mol. The fourth-order valence-corrected chi connectivity index (χ4v) is 2.40. The summed E-state index contributed by atoms with van der Waals surface area (Å²) in [6.45, 7) is -0.413. The first kappa shape index (κ1) is 18.6. The van der Waals surface area contributed by atoms with E-state index >= 15 is 0 Å². The summed E-state index contributed by atoms with van der Waals surface area (Å²) < 4.78 is 0. The third-order valence-electron chi connectivity index (χ3n) is 3.60. The Bertz CT molecular complexity index is 793. The molecule has 0 fully saturated rings. The fraction of sp³-hybridized carbons (Fsp3) is 0.167. The fourth-order valence-electron chi connectivity index (χ4n) is 2.23. The number of benzene rings is 2. The number of anilines is 1. The summed E-state index contributed by atoms with van der Waals surface area (Å²) in [7, 11) is 1.53. The van der Waals surface area contributed by atoms with Crippen molar-refractivity contribution in [1.29, 1.82) is 0 Å². The molecule has 0 saturated heterocycles. The Morgan fingerprint density at radius 2 is 1.80 bits per heavy atom. The molecule has 0 aromatic heterocycles. The molecule has 3 N–H and O–H groups in total. The largest absolute Gasteiger partial charge is 0.346 e. The van der Waals surface area contributed by atoms with E-state index in [0.717, 1.165) is 0 Å². The lowest BCUT2D eigenvalue weighted by molar-refractivity contribution is -0.124. The molecule has 0 aliphatic heterocycles. The number of nitrogens with two attached hydrogens (primary N) is 1. The molecule has 2 aromatic rings. The van der Waals surface area contributed by atoms with Gasteiger partial charge in [-0.25, -0.2) is 0 Å². The van der Waals surface area contributed by atoms with Gasteiger partial charge < -0.3 is 16.0 Å². The number of hydrogen-bond donors (Lipinski definition) is 2. The predicted octanol–water partition coefficient (Wildman–Crippen LogP) is 1.61. The molecule has 25 heavy (non-hydrogen) atoms. The van der Waals surface area contributed by atoms with Gasteiger partial charge in [-0.2, -0.15) is 0 Å². The number of likely N-dealkylation sites (N-methyl/N-ethyl adjacent to an activating group) is 1. The van der Waals surface area contributed by atoms with Crippen LogP contribution in [0.15, 0.2) is 48.5 Å². The molecule has 0 atom stereocenters. The second-order valence-electron chi connectivity index (χ2n) is 5.29. The summed E-state index contributed by atoms with van der Waals surface area (Å²) in [4.78, 5) is 37.6. The molecule has 6 nitrogen and oxygen atoms in total. The van der Waals surface area contributed by atoms with Crippen molar-refractivity contribution in [2.24, 2.45) is 5.73 Å². The van der Waals surface area contributed by atoms with E-state index in [1.165, 1.54) is 18.0 Å². The van der Waals surface area contributed by atoms with Crippen molar-refractivity contribution < 1.29 is 14.4 Å². The Morgan fingerprint density at radius 3 is 2.44 bits per heavy atom. The van der Waals surface area contributed by atoms with Crippen LogP contribution in [0.25, 0.3) is 0 Å². The van der Waals surface area contributed by atoms with Crippen LogP contribution >= 0.6 is 11.6 Å². The van der Waals surface area contributed by atoms with Gasteiger partial charge in [0.25, 0.3) is 0 Å². The van der Waals surface area contributed by atoms with Gasteiger partial charge in [0.1, 0.15) is 0 Å². The molecule has 0 aliphatic rings. The van der Waals surface area contributed by atoms with E-state index in [9.17, 15) is 14.4 Å². The lowest BCUT2D eigenvalue weighted by Crippen LogP contribution is -2.40. The maximum atomic E-state index is 12.8. The van der Waals surface area contributed by atoms with Gasteiger partial charge in [-0.3, -0.25) is 14.4 Å². The molecule has 0 aliphatic carbocycles. The topological polar surface area (TPSA) is 92.5 Å². The number of amides is 2. The first-order valence-corrected chi connectivity index (χ1v) is 7.94. The van der Waals surface area contributed by atoms with Crippen molar-refractivity contribution in [2.75, 3.05) is 25.0 Å². The average Bonchev–Trinajstić information content (AvgIpc) is 2.65. The van der Waals surface area contributed by atoms with E-state index in [1.807, 2.05) is 6.07 Å². The van der Waals surface area contributed by atoms with E-state index < -0.39 is 5.91 Å². The Hall–Kier alpha value is -2.70. The number of nitrogens with one attached hydrogen (secondary N) is 1. The first-order valence-electron chi connectivity index (χ1n) is 7.56. The molecule has 0 unspecified atom stereocenters. The predicted molar refractivity (Wildman–Crippen MR) is 96.8 cm³/mol. The monoisotopic (exact) mass is 359 g/mol. The maximum Gasteiger partial charge on any atom is 0.246 e. The normalized spacial score (nSPS) is 10.2. The molecule has 2 aromatic carbocycles. The standard InChI is InChI=1S/C18H18ClN3O3/c1-22(17(24)11-21-16(23)10-20)15-8-7-13(19)9-14(15)18(25)12-5-3-2-4-6-12/h2-9H,10-11,20H2,1H3,(H,21,23). The molecule has 0 radical (unpaired) electrons. The van der Waals surface area contributed by atoms with Gasteiger partial charge in [-0.05, 0) is 18.2 Å². The minimum atomic E-state index is -0.432. The Kier molecular flexibility index (Phi) is 6.27. The highest BCUT2D eigenvalue weighted by atomic mass is 35.5. The van der Waals surface area contributed by atoms with Crippen LogP contribution in [-0.4, -0.2) is 37.7 Å². The number of rotatable bonds is 6. The van der Waals surface area contributed by atoms with Crippen molar-refractivity contribution in [2.45, 2.75) is 0 Å². The summed E-state index contributed by atoms with van der Waals surface area (Å²) in [5.74, 6) is -1.06. The number of carbonyl (C=O) groups is 3. The molecule has 2 amide bonds. The van der Waals surface area contributed by atoms with Crippen LogP contribution in [0, 0.1) is 0 Å². The Morgan fingerprint density at radius 1 is 1.12 bits per heavy atom. The molecule has 0 spiro atoms. The highest BCUT2D eigenvalue weighted by molar-refractivity contribution is 6.31. The Balaban J connectivity index is 2.30. The molecule has 0 bridgehead atoms. The SMILES string of the molecule is CN(C(=O)CNC(=O)CN)c1ccc(Cl)cc1C(=O)c1ccccc1. The minimum Gasteiger partial charge on any atom is -0.346 e. The van der Waals surface area contributed by atoms with Crippen LogP contribution < -0.4 is 16.0 Å². The molecule has 130 valence electrons. The summed E-state index contributed by atoms with van der Waals surface area (Å²) in [6.07, 6.45) is 0. The van der Waals surface area contributed by atoms with Crippen LogP contribution in [0.2, 0.25) is 5.02 Å². The maximum absolute atomic E-state index is 12.8. The number of hydrogen-bond acceptors (Lipinski definition) is 4. The number of ketones is 1. The van der Waals surface area contributed by atoms with Crippen LogP contribution in [0.4, 0.5) is 5.69 Å². The summed E-state index contributed by atoms with van der Waals surface area (Å²) >= 11 is 6.03. The molecular formula is C18H18ClN3O3. The van der Waals surface area contributed by atoms with E-state index in [0.29, 0.717) is 21.8 Å². The number of nitrogens with zero attached hydrogens (tertiary/aromatic N) is 1. The van der Waals surface area contributed by atoms with Crippen molar-refractivity contribution in [3.8, 4) is 0 Å². The van der Waals surface area contributed by atoms with Crippen LogP contribution in [-0.2, 0) is 9.59 Å². The second kappa shape index (κ2) is 8.41. The third kappa shape index (κ3) is 4.65. The lowest BCUT2D eigenvalue weighted by Gasteiger charge is -2.21. The van der Waals surface area contributed by atoms with E-state index in [-0.39, 0.29) is 24.8 Å². The van der Waals surface area contributed by atoms with Crippen molar-refractivity contribution in [3.05, 3.63) is 64.7 Å². The van der Waals surface area contributed by atoms with Crippen LogP contribution in [0.1, 0.15) is 15.9 Å². The molecule has 7 heteroatoms. The van der Waals surface area contributed by atoms with Gasteiger partial charge in [0.15, 0.2) is 5.78 Å². The van der Waals surface area contributed by atoms with Gasteiger partial charge in [-0.1, -0.05) is 41.9 Å². The number of carbonyl (C=O) groups excluding carboxylic acids is 3. The van der Waals surface area contributed by atoms with Crippen molar-refractivity contribution >= 4 is 34.9 Å². The van der Waals surface area contributed by atoms with Gasteiger partial charge in [0, 0.05) is 23.2 Å². The van der Waals surface area contributed by atoms with Gasteiger partial charge >= 0.3 is 0 Å². The van der Waals surface area contributed by atoms with Crippen LogP contribution in [0.3, 0.4) is 0 Å².